The van der Waals surface area contributed by atoms with E-state index in [0.717, 1.165) is 31.0 Å². The van der Waals surface area contributed by atoms with Gasteiger partial charge in [0, 0.05) is 67.8 Å². The van der Waals surface area contributed by atoms with E-state index in [4.69, 9.17) is 26.6 Å². The van der Waals surface area contributed by atoms with E-state index in [2.05, 4.69) is 41.7 Å². The maximum atomic E-state index is 12.5. The van der Waals surface area contributed by atoms with Crippen molar-refractivity contribution in [2.75, 3.05) is 55.7 Å². The van der Waals surface area contributed by atoms with E-state index in [0.29, 0.717) is 38.0 Å². The zero-order valence-corrected chi connectivity index (χ0v) is 25.5. The second-order valence-electron chi connectivity index (χ2n) is 7.17. The zero-order valence-electron chi connectivity index (χ0n) is 21.9. The van der Waals surface area contributed by atoms with E-state index in [1.54, 1.807) is 0 Å². The fourth-order valence-corrected chi connectivity index (χ4v) is 8.24. The number of nitrogens with one attached hydrogen (secondary N) is 2. The summed E-state index contributed by atoms with van der Waals surface area (Å²) in [5.41, 5.74) is 0. The number of aromatic nitrogens is 8. The Labute approximate surface area is 229 Å². The van der Waals surface area contributed by atoms with Gasteiger partial charge in [0.2, 0.25) is 10.3 Å². The fraction of sp³-hybridized carbons (Fsp3) is 0.750. The maximum absolute atomic E-state index is 12.5. The number of hydrogen-bond donors (Lipinski definition) is 2. The topological polar surface area (TPSA) is 201 Å². The van der Waals surface area contributed by atoms with Crippen LogP contribution in [-0.2, 0) is 26.6 Å². The van der Waals surface area contributed by atoms with Gasteiger partial charge >= 0.3 is 29.7 Å². The monoisotopic (exact) mass is 612 g/mol. The lowest BCUT2D eigenvalue weighted by atomic mass is 10.5. The van der Waals surface area contributed by atoms with Crippen LogP contribution in [0.15, 0.2) is 10.3 Å². The number of carbonyl (C=O) groups is 2. The van der Waals surface area contributed by atoms with E-state index in [9.17, 15) is 9.59 Å². The third kappa shape index (κ3) is 8.75. The SMILES string of the molecule is CO[Si](CCCNC(=O)n1nnnc1SSc1nnnn1C(=O)NCCC[Si](OC)(OC)OC)(OC)OC. The molecule has 38 heavy (non-hydrogen) atoms. The molecule has 0 atom stereocenters. The van der Waals surface area contributed by atoms with Gasteiger partial charge in [-0.25, -0.2) is 9.59 Å². The van der Waals surface area contributed by atoms with Crippen molar-refractivity contribution in [3.8, 4) is 0 Å². The normalized spacial score (nSPS) is 12.1. The average Bonchev–Trinajstić information content (AvgIpc) is 3.62. The predicted molar refractivity (Wildman–Crippen MR) is 137 cm³/mol. The van der Waals surface area contributed by atoms with Crippen LogP contribution >= 0.6 is 21.6 Å². The summed E-state index contributed by atoms with van der Waals surface area (Å²) in [4.78, 5) is 25.1. The van der Waals surface area contributed by atoms with Crippen LogP contribution < -0.4 is 10.6 Å². The summed E-state index contributed by atoms with van der Waals surface area (Å²) in [6.07, 6.45) is 1.12. The summed E-state index contributed by atoms with van der Waals surface area (Å²) in [7, 11) is 5.72. The lowest BCUT2D eigenvalue weighted by molar-refractivity contribution is 0.122. The summed E-state index contributed by atoms with van der Waals surface area (Å²) in [5.74, 6) is 0. The van der Waals surface area contributed by atoms with Gasteiger partial charge in [0.05, 0.1) is 0 Å². The van der Waals surface area contributed by atoms with Crippen LogP contribution in [0.25, 0.3) is 0 Å². The molecule has 2 heterocycles. The van der Waals surface area contributed by atoms with Gasteiger partial charge in [-0.05, 0) is 55.3 Å². The molecular formula is C16H32N10O8S2Si2. The molecular weight excluding hydrogens is 581 g/mol. The van der Waals surface area contributed by atoms with E-state index in [1.807, 2.05) is 0 Å². The molecule has 0 spiro atoms. The van der Waals surface area contributed by atoms with Gasteiger partial charge in [-0.15, -0.1) is 19.6 Å². The smallest absolute Gasteiger partial charge is 0.377 e. The molecule has 0 aliphatic rings. The van der Waals surface area contributed by atoms with Crippen LogP contribution in [-0.4, -0.2) is 126 Å². The van der Waals surface area contributed by atoms with Gasteiger partial charge in [-0.3, -0.25) is 0 Å². The largest absolute Gasteiger partial charge is 0.500 e. The highest BCUT2D eigenvalue weighted by atomic mass is 33.1. The molecule has 0 unspecified atom stereocenters. The molecule has 2 N–H and O–H groups in total. The van der Waals surface area contributed by atoms with Crippen molar-refractivity contribution >= 4 is 51.3 Å². The molecule has 0 aliphatic carbocycles. The summed E-state index contributed by atoms with van der Waals surface area (Å²) >= 11 is 0. The van der Waals surface area contributed by atoms with Gasteiger partial charge in [0.15, 0.2) is 0 Å². The summed E-state index contributed by atoms with van der Waals surface area (Å²) in [6, 6.07) is -0.0269. The van der Waals surface area contributed by atoms with Crippen molar-refractivity contribution in [2.24, 2.45) is 0 Å². The minimum atomic E-state index is -2.72. The van der Waals surface area contributed by atoms with Gasteiger partial charge < -0.3 is 37.2 Å². The lowest BCUT2D eigenvalue weighted by Crippen LogP contribution is -2.43. The predicted octanol–water partition coefficient (Wildman–Crippen LogP) is 0.111. The Morgan fingerprint density at radius 2 is 1.03 bits per heavy atom. The molecule has 0 saturated carbocycles. The van der Waals surface area contributed by atoms with Crippen LogP contribution in [0.4, 0.5) is 9.59 Å². The van der Waals surface area contributed by atoms with Crippen LogP contribution in [0.5, 0.6) is 0 Å². The molecule has 214 valence electrons. The van der Waals surface area contributed by atoms with Gasteiger partial charge in [0.25, 0.3) is 0 Å². The highest BCUT2D eigenvalue weighted by Crippen LogP contribution is 2.34. The number of hydrogen-bond acceptors (Lipinski definition) is 16. The number of tetrazole rings is 2. The minimum absolute atomic E-state index is 0.164. The van der Waals surface area contributed by atoms with Crippen molar-refractivity contribution in [2.45, 2.75) is 35.2 Å². The van der Waals surface area contributed by atoms with Crippen LogP contribution in [0.2, 0.25) is 12.1 Å². The Bertz CT molecular complexity index is 916. The third-order valence-electron chi connectivity index (χ3n) is 5.20. The van der Waals surface area contributed by atoms with Crippen LogP contribution in [0.3, 0.4) is 0 Å². The molecule has 0 radical (unpaired) electrons. The molecule has 18 nitrogen and oxygen atoms in total. The Morgan fingerprint density at radius 3 is 1.34 bits per heavy atom. The second-order valence-corrected chi connectivity index (χ2v) is 15.4. The molecule has 0 aromatic carbocycles. The van der Waals surface area contributed by atoms with E-state index >= 15 is 0 Å². The number of amides is 2. The Kier molecular flexibility index (Phi) is 13.7. The van der Waals surface area contributed by atoms with Crippen molar-refractivity contribution < 1.29 is 36.1 Å². The molecule has 2 rings (SSSR count). The van der Waals surface area contributed by atoms with E-state index in [-0.39, 0.29) is 10.3 Å². The molecule has 2 aromatic heterocycles. The summed E-state index contributed by atoms with van der Waals surface area (Å²) in [5, 5.41) is 28.0. The molecule has 2 amide bonds. The molecule has 0 fully saturated rings. The zero-order chi connectivity index (χ0) is 28.0. The van der Waals surface area contributed by atoms with E-state index in [1.165, 1.54) is 42.7 Å². The van der Waals surface area contributed by atoms with Crippen LogP contribution in [0, 0.1) is 0 Å². The van der Waals surface area contributed by atoms with Gasteiger partial charge in [-0.2, -0.15) is 0 Å². The first-order valence-corrected chi connectivity index (χ1v) is 17.1. The van der Waals surface area contributed by atoms with Crippen molar-refractivity contribution in [3.05, 3.63) is 0 Å². The third-order valence-corrected chi connectivity index (χ3v) is 12.9. The molecule has 0 aliphatic heterocycles. The first-order valence-electron chi connectivity index (χ1n) is 11.1. The highest BCUT2D eigenvalue weighted by Gasteiger charge is 2.37. The van der Waals surface area contributed by atoms with Crippen molar-refractivity contribution in [3.63, 3.8) is 0 Å². The Morgan fingerprint density at radius 1 is 0.684 bits per heavy atom. The number of rotatable bonds is 17. The Hall–Kier alpha value is -2.03. The summed E-state index contributed by atoms with van der Waals surface area (Å²) in [6.45, 7) is 0.643. The molecule has 22 heteroatoms. The average molecular weight is 613 g/mol. The maximum Gasteiger partial charge on any atom is 0.500 e. The number of nitrogens with zero attached hydrogens (tertiary/aromatic N) is 8. The van der Waals surface area contributed by atoms with Gasteiger partial charge in [0.1, 0.15) is 0 Å². The lowest BCUT2D eigenvalue weighted by Gasteiger charge is -2.24. The Balaban J connectivity index is 1.85. The summed E-state index contributed by atoms with van der Waals surface area (Å²) < 4.78 is 34.2. The first-order chi connectivity index (χ1) is 18.3. The first kappa shape index (κ1) is 32.2. The fourth-order valence-electron chi connectivity index (χ4n) is 3.05. The van der Waals surface area contributed by atoms with Crippen molar-refractivity contribution in [1.82, 2.24) is 51.0 Å². The van der Waals surface area contributed by atoms with Crippen LogP contribution in [0.1, 0.15) is 12.8 Å². The van der Waals surface area contributed by atoms with E-state index < -0.39 is 29.7 Å². The standard InChI is InChI=1S/C16H32N10O8S2Si2/c1-29-37(30-2,31-3)11-7-9-17-13(27)25-15(19-21-23-25)35-36-16-20-22-24-26(16)14(28)18-10-8-12-38(32-4,33-5)34-6/h7-12H2,1-6H3,(H,17,27)(H,18,28). The van der Waals surface area contributed by atoms with Crippen molar-refractivity contribution in [1.29, 1.82) is 0 Å². The molecule has 0 bridgehead atoms. The second kappa shape index (κ2) is 16.2. The molecule has 2 aromatic rings. The number of carbonyl (C=O) groups excluding carboxylic acids is 2. The molecule has 0 saturated heterocycles. The van der Waals surface area contributed by atoms with Gasteiger partial charge in [-0.1, -0.05) is 0 Å². The highest BCUT2D eigenvalue weighted by molar-refractivity contribution is 8.76. The quantitative estimate of drug-likeness (QED) is 0.105. The minimum Gasteiger partial charge on any atom is -0.377 e.